The van der Waals surface area contributed by atoms with Gasteiger partial charge in [-0.15, -0.1) is 0 Å². The van der Waals surface area contributed by atoms with Crippen molar-refractivity contribution in [3.05, 3.63) is 60.2 Å². The maximum absolute atomic E-state index is 13.3. The molecule has 0 bridgehead atoms. The third kappa shape index (κ3) is 4.58. The van der Waals surface area contributed by atoms with Gasteiger partial charge in [0.1, 0.15) is 11.6 Å². The van der Waals surface area contributed by atoms with Crippen molar-refractivity contribution < 1.29 is 13.6 Å². The van der Waals surface area contributed by atoms with E-state index in [0.717, 1.165) is 38.3 Å². The van der Waals surface area contributed by atoms with E-state index in [1.807, 2.05) is 6.92 Å². The van der Waals surface area contributed by atoms with Gasteiger partial charge in [0.15, 0.2) is 0 Å². The molecule has 0 radical (unpaired) electrons. The van der Waals surface area contributed by atoms with E-state index in [2.05, 4.69) is 15.1 Å². The maximum atomic E-state index is 13.3. The fourth-order valence-electron chi connectivity index (χ4n) is 3.21. The summed E-state index contributed by atoms with van der Waals surface area (Å²) in [5.41, 5.74) is 1.45. The van der Waals surface area contributed by atoms with E-state index in [-0.39, 0.29) is 23.6 Å². The summed E-state index contributed by atoms with van der Waals surface area (Å²) in [6, 6.07) is 12.1. The number of anilines is 2. The third-order valence-electron chi connectivity index (χ3n) is 4.74. The van der Waals surface area contributed by atoms with Crippen LogP contribution in [0.25, 0.3) is 0 Å². The van der Waals surface area contributed by atoms with Crippen LogP contribution in [0.3, 0.4) is 0 Å². The van der Waals surface area contributed by atoms with Crippen LogP contribution in [-0.2, 0) is 4.79 Å². The van der Waals surface area contributed by atoms with Crippen molar-refractivity contribution in [3.63, 3.8) is 0 Å². The third-order valence-corrected chi connectivity index (χ3v) is 4.74. The Morgan fingerprint density at radius 2 is 1.77 bits per heavy atom. The Morgan fingerprint density at radius 1 is 1.00 bits per heavy atom. The molecular weight excluding hydrogens is 336 g/mol. The molecule has 2 aromatic carbocycles. The van der Waals surface area contributed by atoms with E-state index in [4.69, 9.17) is 0 Å². The Morgan fingerprint density at radius 3 is 2.50 bits per heavy atom. The van der Waals surface area contributed by atoms with E-state index >= 15 is 0 Å². The number of carbonyl (C=O) groups excluding carboxylic acids is 1. The van der Waals surface area contributed by atoms with Crippen molar-refractivity contribution in [1.29, 1.82) is 0 Å². The van der Waals surface area contributed by atoms with Crippen LogP contribution in [0.15, 0.2) is 48.5 Å². The topological polar surface area (TPSA) is 35.6 Å². The van der Waals surface area contributed by atoms with E-state index in [9.17, 15) is 13.6 Å². The fraction of sp³-hybridized carbons (Fsp3) is 0.350. The summed E-state index contributed by atoms with van der Waals surface area (Å²) in [6.07, 6.45) is 0.912. The Kier molecular flexibility index (Phi) is 5.83. The molecule has 2 aromatic rings. The summed E-state index contributed by atoms with van der Waals surface area (Å²) < 4.78 is 26.4. The highest BCUT2D eigenvalue weighted by atomic mass is 19.1. The lowest BCUT2D eigenvalue weighted by Crippen LogP contribution is -2.44. The normalized spacial score (nSPS) is 16.8. The van der Waals surface area contributed by atoms with Crippen LogP contribution >= 0.6 is 0 Å². The SMILES string of the molecule is CC(C(=O)Nc1cccc(F)c1)N1CCCN(c2ccc(F)cc2)CC1. The van der Waals surface area contributed by atoms with Gasteiger partial charge >= 0.3 is 0 Å². The second kappa shape index (κ2) is 8.27. The number of amides is 1. The number of carbonyl (C=O) groups is 1. The van der Waals surface area contributed by atoms with Crippen molar-refractivity contribution in [2.75, 3.05) is 36.4 Å². The second-order valence-corrected chi connectivity index (χ2v) is 6.53. The number of nitrogens with zero attached hydrogens (tertiary/aromatic N) is 2. The molecule has 138 valence electrons. The minimum Gasteiger partial charge on any atom is -0.370 e. The van der Waals surface area contributed by atoms with Gasteiger partial charge in [-0.3, -0.25) is 9.69 Å². The highest BCUT2D eigenvalue weighted by Gasteiger charge is 2.24. The van der Waals surface area contributed by atoms with Gasteiger partial charge in [-0.1, -0.05) is 6.07 Å². The molecule has 1 aliphatic rings. The monoisotopic (exact) mass is 359 g/mol. The van der Waals surface area contributed by atoms with Crippen LogP contribution in [0.5, 0.6) is 0 Å². The molecule has 0 aromatic heterocycles. The van der Waals surface area contributed by atoms with Crippen LogP contribution in [-0.4, -0.2) is 43.0 Å². The van der Waals surface area contributed by atoms with Crippen molar-refractivity contribution in [3.8, 4) is 0 Å². The summed E-state index contributed by atoms with van der Waals surface area (Å²) in [5, 5.41) is 2.77. The zero-order valence-electron chi connectivity index (χ0n) is 14.8. The quantitative estimate of drug-likeness (QED) is 0.908. The second-order valence-electron chi connectivity index (χ2n) is 6.53. The number of benzene rings is 2. The average molecular weight is 359 g/mol. The maximum Gasteiger partial charge on any atom is 0.241 e. The van der Waals surface area contributed by atoms with Gasteiger partial charge in [-0.05, 0) is 55.8 Å². The highest BCUT2D eigenvalue weighted by molar-refractivity contribution is 5.94. The first kappa shape index (κ1) is 18.3. The van der Waals surface area contributed by atoms with Crippen LogP contribution in [0.4, 0.5) is 20.2 Å². The van der Waals surface area contributed by atoms with Crippen LogP contribution in [0.1, 0.15) is 13.3 Å². The Labute approximate surface area is 152 Å². The molecule has 1 unspecified atom stereocenters. The minimum atomic E-state index is -0.375. The van der Waals surface area contributed by atoms with Crippen molar-refractivity contribution in [2.24, 2.45) is 0 Å². The average Bonchev–Trinajstić information content (AvgIpc) is 2.88. The molecule has 1 saturated heterocycles. The predicted octanol–water partition coefficient (Wildman–Crippen LogP) is 3.50. The van der Waals surface area contributed by atoms with E-state index in [1.54, 1.807) is 24.3 Å². The van der Waals surface area contributed by atoms with Crippen LogP contribution in [0.2, 0.25) is 0 Å². The Hall–Kier alpha value is -2.47. The Bertz CT molecular complexity index is 751. The number of rotatable bonds is 4. The van der Waals surface area contributed by atoms with E-state index in [0.29, 0.717) is 5.69 Å². The summed E-state index contributed by atoms with van der Waals surface area (Å²) in [7, 11) is 0. The Balaban J connectivity index is 1.59. The molecule has 1 N–H and O–H groups in total. The molecule has 6 heteroatoms. The lowest BCUT2D eigenvalue weighted by molar-refractivity contribution is -0.120. The summed E-state index contributed by atoms with van der Waals surface area (Å²) in [5.74, 6) is -0.765. The molecule has 0 aliphatic carbocycles. The zero-order chi connectivity index (χ0) is 18.5. The van der Waals surface area contributed by atoms with Gasteiger partial charge in [0.05, 0.1) is 6.04 Å². The number of halogens is 2. The largest absolute Gasteiger partial charge is 0.370 e. The molecule has 0 saturated carbocycles. The van der Waals surface area contributed by atoms with E-state index < -0.39 is 0 Å². The van der Waals surface area contributed by atoms with Gasteiger partial charge < -0.3 is 10.2 Å². The molecular formula is C20H23F2N3O. The first-order valence-corrected chi connectivity index (χ1v) is 8.84. The molecule has 1 fully saturated rings. The molecule has 0 spiro atoms. The van der Waals surface area contributed by atoms with Crippen LogP contribution < -0.4 is 10.2 Å². The molecule has 4 nitrogen and oxygen atoms in total. The minimum absolute atomic E-state index is 0.147. The van der Waals surface area contributed by atoms with E-state index in [1.165, 1.54) is 24.3 Å². The molecule has 26 heavy (non-hydrogen) atoms. The first-order valence-electron chi connectivity index (χ1n) is 8.84. The van der Waals surface area contributed by atoms with Gasteiger partial charge in [0.25, 0.3) is 0 Å². The predicted molar refractivity (Wildman–Crippen MR) is 99.3 cm³/mol. The summed E-state index contributed by atoms with van der Waals surface area (Å²) in [4.78, 5) is 16.8. The van der Waals surface area contributed by atoms with Gasteiger partial charge in [-0.2, -0.15) is 0 Å². The molecule has 3 rings (SSSR count). The van der Waals surface area contributed by atoms with Gasteiger partial charge in [0, 0.05) is 37.6 Å². The molecule has 1 atom stereocenters. The van der Waals surface area contributed by atoms with Gasteiger partial charge in [0.2, 0.25) is 5.91 Å². The number of hydrogen-bond acceptors (Lipinski definition) is 3. The smallest absolute Gasteiger partial charge is 0.241 e. The standard InChI is InChI=1S/C20H23F2N3O/c1-15(20(26)23-18-5-2-4-17(22)14-18)24-10-3-11-25(13-12-24)19-8-6-16(21)7-9-19/h2,4-9,14-15H,3,10-13H2,1H3,(H,23,26). The fourth-order valence-corrected chi connectivity index (χ4v) is 3.21. The molecule has 1 amide bonds. The van der Waals surface area contributed by atoms with Crippen molar-refractivity contribution in [1.82, 2.24) is 4.90 Å². The summed E-state index contributed by atoms with van der Waals surface area (Å²) in [6.45, 7) is 5.02. The van der Waals surface area contributed by atoms with Crippen molar-refractivity contribution in [2.45, 2.75) is 19.4 Å². The lowest BCUT2D eigenvalue weighted by Gasteiger charge is -2.27. The molecule has 1 aliphatic heterocycles. The lowest BCUT2D eigenvalue weighted by atomic mass is 10.2. The molecule has 1 heterocycles. The van der Waals surface area contributed by atoms with Gasteiger partial charge in [-0.25, -0.2) is 8.78 Å². The number of nitrogens with one attached hydrogen (secondary N) is 1. The first-order chi connectivity index (χ1) is 12.5. The van der Waals surface area contributed by atoms with Crippen LogP contribution in [0, 0.1) is 11.6 Å². The van der Waals surface area contributed by atoms with Crippen molar-refractivity contribution >= 4 is 17.3 Å². The summed E-state index contributed by atoms with van der Waals surface area (Å²) >= 11 is 0. The zero-order valence-corrected chi connectivity index (χ0v) is 14.8. The number of hydrogen-bond donors (Lipinski definition) is 1. The highest BCUT2D eigenvalue weighted by Crippen LogP contribution is 2.18.